The minimum Gasteiger partial charge on any atom is -0.490 e. The lowest BCUT2D eigenvalue weighted by Crippen LogP contribution is -2.21. The highest BCUT2D eigenvalue weighted by Crippen LogP contribution is 2.37. The van der Waals surface area contributed by atoms with E-state index in [1.807, 2.05) is 63.2 Å². The second kappa shape index (κ2) is 8.79. The Morgan fingerprint density at radius 3 is 2.52 bits per heavy atom. The quantitative estimate of drug-likeness (QED) is 0.650. The van der Waals surface area contributed by atoms with Crippen LogP contribution in [0.4, 0.5) is 5.69 Å². The van der Waals surface area contributed by atoms with E-state index in [2.05, 4.69) is 26.8 Å². The Bertz CT molecular complexity index is 618. The molecular formula is C18H23BrN2O2. The van der Waals surface area contributed by atoms with Gasteiger partial charge in [-0.1, -0.05) is 18.2 Å². The molecule has 0 aromatic heterocycles. The van der Waals surface area contributed by atoms with Crippen LogP contribution in [0.2, 0.25) is 0 Å². The lowest BCUT2D eigenvalue weighted by molar-refractivity contribution is 0.222. The number of nitrogens with one attached hydrogen (secondary N) is 2. The fourth-order valence-corrected chi connectivity index (χ4v) is 2.69. The van der Waals surface area contributed by atoms with Gasteiger partial charge in [-0.15, -0.1) is 0 Å². The zero-order valence-corrected chi connectivity index (χ0v) is 15.3. The maximum atomic E-state index is 5.85. The third-order valence-corrected chi connectivity index (χ3v) is 3.61. The zero-order chi connectivity index (χ0) is 16.7. The molecule has 0 aliphatic rings. The molecule has 0 spiro atoms. The highest BCUT2D eigenvalue weighted by atomic mass is 79.9. The number of hydrogen-bond donors (Lipinski definition) is 2. The second-order valence-electron chi connectivity index (χ2n) is 5.35. The molecule has 2 N–H and O–H groups in total. The van der Waals surface area contributed by atoms with Crippen molar-refractivity contribution in [1.82, 2.24) is 5.43 Å². The van der Waals surface area contributed by atoms with E-state index in [1.165, 1.54) is 0 Å². The molecule has 0 aliphatic heterocycles. The zero-order valence-electron chi connectivity index (χ0n) is 13.7. The van der Waals surface area contributed by atoms with Gasteiger partial charge >= 0.3 is 0 Å². The van der Waals surface area contributed by atoms with Crippen LogP contribution < -0.4 is 20.3 Å². The van der Waals surface area contributed by atoms with E-state index in [-0.39, 0.29) is 6.10 Å². The number of halogens is 1. The third-order valence-electron chi connectivity index (χ3n) is 3.02. The average molecular weight is 379 g/mol. The van der Waals surface area contributed by atoms with Gasteiger partial charge in [0, 0.05) is 12.2 Å². The summed E-state index contributed by atoms with van der Waals surface area (Å²) in [4.78, 5) is 0. The molecule has 2 rings (SSSR count). The molecule has 2 aromatic rings. The van der Waals surface area contributed by atoms with Crippen LogP contribution in [0.15, 0.2) is 46.9 Å². The minimum atomic E-state index is 0.0919. The third kappa shape index (κ3) is 5.44. The summed E-state index contributed by atoms with van der Waals surface area (Å²) in [7, 11) is 0. The number of ether oxygens (including phenoxy) is 2. The summed E-state index contributed by atoms with van der Waals surface area (Å²) in [6.45, 7) is 7.23. The van der Waals surface area contributed by atoms with E-state index in [9.17, 15) is 0 Å². The predicted molar refractivity (Wildman–Crippen MR) is 98.0 cm³/mol. The first kappa shape index (κ1) is 17.6. The molecule has 4 nitrogen and oxygen atoms in total. The Balaban J connectivity index is 2.06. The molecule has 0 unspecified atom stereocenters. The van der Waals surface area contributed by atoms with Gasteiger partial charge in [0.25, 0.3) is 0 Å². The maximum Gasteiger partial charge on any atom is 0.175 e. The highest BCUT2D eigenvalue weighted by Gasteiger charge is 2.13. The molecule has 0 fully saturated rings. The summed E-state index contributed by atoms with van der Waals surface area (Å²) in [5, 5.41) is 0. The van der Waals surface area contributed by atoms with Crippen molar-refractivity contribution >= 4 is 21.6 Å². The van der Waals surface area contributed by atoms with Crippen LogP contribution in [-0.4, -0.2) is 12.7 Å². The van der Waals surface area contributed by atoms with Crippen molar-refractivity contribution in [3.8, 4) is 11.5 Å². The van der Waals surface area contributed by atoms with Crippen molar-refractivity contribution in [3.63, 3.8) is 0 Å². The predicted octanol–water partition coefficient (Wildman–Crippen LogP) is 4.75. The van der Waals surface area contributed by atoms with Gasteiger partial charge in [0.05, 0.1) is 17.2 Å². The molecule has 124 valence electrons. The maximum absolute atomic E-state index is 5.85. The Morgan fingerprint density at radius 2 is 1.87 bits per heavy atom. The lowest BCUT2D eigenvalue weighted by Gasteiger charge is -2.18. The average Bonchev–Trinajstić information content (AvgIpc) is 2.52. The van der Waals surface area contributed by atoms with E-state index < -0.39 is 0 Å². The fourth-order valence-electron chi connectivity index (χ4n) is 2.11. The van der Waals surface area contributed by atoms with Gasteiger partial charge in [0.15, 0.2) is 11.5 Å². The van der Waals surface area contributed by atoms with Crippen molar-refractivity contribution in [2.45, 2.75) is 33.4 Å². The molecule has 0 amide bonds. The Hall–Kier alpha value is -1.72. The summed E-state index contributed by atoms with van der Waals surface area (Å²) < 4.78 is 12.5. The molecule has 0 saturated carbocycles. The van der Waals surface area contributed by atoms with E-state index in [0.717, 1.165) is 27.2 Å². The normalized spacial score (nSPS) is 10.7. The molecule has 5 heteroatoms. The van der Waals surface area contributed by atoms with Gasteiger partial charge in [0.1, 0.15) is 0 Å². The van der Waals surface area contributed by atoms with Crippen LogP contribution >= 0.6 is 15.9 Å². The standard InChI is InChI=1S/C18H23BrN2O2/c1-4-22-17-11-14(10-16(19)18(17)23-13(2)3)12-20-21-15-8-6-5-7-9-15/h5-11,13,20-21H,4,12H2,1-3H3. The molecule has 0 radical (unpaired) electrons. The van der Waals surface area contributed by atoms with Crippen LogP contribution in [0.3, 0.4) is 0 Å². The number of hydrogen-bond acceptors (Lipinski definition) is 4. The summed E-state index contributed by atoms with van der Waals surface area (Å²) in [5.41, 5.74) is 8.50. The number of para-hydroxylation sites is 1. The van der Waals surface area contributed by atoms with E-state index in [4.69, 9.17) is 9.47 Å². The van der Waals surface area contributed by atoms with Crippen LogP contribution in [0.5, 0.6) is 11.5 Å². The molecule has 0 bridgehead atoms. The van der Waals surface area contributed by atoms with Crippen LogP contribution in [0.25, 0.3) is 0 Å². The van der Waals surface area contributed by atoms with Gasteiger partial charge in [-0.2, -0.15) is 0 Å². The van der Waals surface area contributed by atoms with E-state index in [1.54, 1.807) is 0 Å². The summed E-state index contributed by atoms with van der Waals surface area (Å²) >= 11 is 3.58. The minimum absolute atomic E-state index is 0.0919. The van der Waals surface area contributed by atoms with Crippen LogP contribution in [0, 0.1) is 0 Å². The van der Waals surface area contributed by atoms with E-state index in [0.29, 0.717) is 13.2 Å². The first-order valence-electron chi connectivity index (χ1n) is 7.76. The Morgan fingerprint density at radius 1 is 1.13 bits per heavy atom. The van der Waals surface area contributed by atoms with Gasteiger partial charge < -0.3 is 14.9 Å². The molecule has 0 saturated heterocycles. The molecule has 0 atom stereocenters. The van der Waals surface area contributed by atoms with Crippen molar-refractivity contribution in [2.75, 3.05) is 12.0 Å². The summed E-state index contributed by atoms with van der Waals surface area (Å²) in [6.07, 6.45) is 0.0919. The lowest BCUT2D eigenvalue weighted by atomic mass is 10.2. The first-order valence-corrected chi connectivity index (χ1v) is 8.55. The van der Waals surface area contributed by atoms with Crippen LogP contribution in [-0.2, 0) is 6.54 Å². The number of anilines is 1. The summed E-state index contributed by atoms with van der Waals surface area (Å²) in [6, 6.07) is 14.0. The summed E-state index contributed by atoms with van der Waals surface area (Å²) in [5.74, 6) is 1.51. The smallest absolute Gasteiger partial charge is 0.175 e. The van der Waals surface area contributed by atoms with Crippen molar-refractivity contribution in [1.29, 1.82) is 0 Å². The monoisotopic (exact) mass is 378 g/mol. The Labute approximate surface area is 146 Å². The molecule has 0 heterocycles. The highest BCUT2D eigenvalue weighted by molar-refractivity contribution is 9.10. The molecular weight excluding hydrogens is 356 g/mol. The molecule has 23 heavy (non-hydrogen) atoms. The van der Waals surface area contributed by atoms with Crippen LogP contribution in [0.1, 0.15) is 26.3 Å². The number of benzene rings is 2. The van der Waals surface area contributed by atoms with Gasteiger partial charge in [0.2, 0.25) is 0 Å². The van der Waals surface area contributed by atoms with Gasteiger partial charge in [-0.3, -0.25) is 0 Å². The van der Waals surface area contributed by atoms with Crippen molar-refractivity contribution in [2.24, 2.45) is 0 Å². The number of rotatable bonds is 8. The molecule has 2 aromatic carbocycles. The SMILES string of the molecule is CCOc1cc(CNNc2ccccc2)cc(Br)c1OC(C)C. The second-order valence-corrected chi connectivity index (χ2v) is 6.20. The van der Waals surface area contributed by atoms with Gasteiger partial charge in [-0.25, -0.2) is 5.43 Å². The van der Waals surface area contributed by atoms with Crippen molar-refractivity contribution < 1.29 is 9.47 Å². The van der Waals surface area contributed by atoms with Gasteiger partial charge in [-0.05, 0) is 66.5 Å². The Kier molecular flexibility index (Phi) is 6.74. The number of hydrazine groups is 1. The first-order chi connectivity index (χ1) is 11.1. The topological polar surface area (TPSA) is 42.5 Å². The van der Waals surface area contributed by atoms with Crippen molar-refractivity contribution in [3.05, 3.63) is 52.5 Å². The largest absolute Gasteiger partial charge is 0.490 e. The molecule has 0 aliphatic carbocycles. The fraction of sp³-hybridized carbons (Fsp3) is 0.333. The van der Waals surface area contributed by atoms with E-state index >= 15 is 0 Å².